The van der Waals surface area contributed by atoms with Gasteiger partial charge >= 0.3 is 6.09 Å². The lowest BCUT2D eigenvalue weighted by Crippen LogP contribution is -2.53. The van der Waals surface area contributed by atoms with Crippen LogP contribution < -0.4 is 10.1 Å². The molecule has 2 heterocycles. The highest BCUT2D eigenvalue weighted by Crippen LogP contribution is 2.36. The number of piperidine rings is 1. The van der Waals surface area contributed by atoms with Crippen molar-refractivity contribution in [2.45, 2.75) is 45.8 Å². The average Bonchev–Trinajstić information content (AvgIpc) is 2.74. The Morgan fingerprint density at radius 1 is 1.30 bits per heavy atom. The minimum Gasteiger partial charge on any atom is -0.489 e. The molecule has 2 N–H and O–H groups in total. The van der Waals surface area contributed by atoms with E-state index in [1.165, 1.54) is 17.0 Å². The maximum absolute atomic E-state index is 13.5. The van der Waals surface area contributed by atoms with Crippen LogP contribution in [0.2, 0.25) is 0 Å². The molecule has 1 amide bonds. The highest BCUT2D eigenvalue weighted by atomic mass is 79.9. The molecule has 0 saturated carbocycles. The van der Waals surface area contributed by atoms with Crippen LogP contribution in [0.25, 0.3) is 10.9 Å². The zero-order valence-electron chi connectivity index (χ0n) is 18.7. The molecular formula is C24H26BrFN4O3. The van der Waals surface area contributed by atoms with Crippen LogP contribution in [0.5, 0.6) is 5.75 Å². The lowest BCUT2D eigenvalue weighted by Gasteiger charge is -2.44. The number of halogens is 2. The van der Waals surface area contributed by atoms with E-state index in [2.05, 4.69) is 31.2 Å². The number of benzene rings is 2. The van der Waals surface area contributed by atoms with Crippen LogP contribution in [0.1, 0.15) is 33.6 Å². The van der Waals surface area contributed by atoms with Crippen LogP contribution in [-0.2, 0) is 0 Å². The Labute approximate surface area is 200 Å². The summed E-state index contributed by atoms with van der Waals surface area (Å²) in [6.45, 7) is 6.57. The molecule has 1 aliphatic heterocycles. The second kappa shape index (κ2) is 9.13. The van der Waals surface area contributed by atoms with Crippen molar-refractivity contribution >= 4 is 44.6 Å². The number of nitrogens with zero attached hydrogens (tertiary/aromatic N) is 3. The molecule has 2 aromatic carbocycles. The summed E-state index contributed by atoms with van der Waals surface area (Å²) in [7, 11) is 0. The Balaban J connectivity index is 1.56. The summed E-state index contributed by atoms with van der Waals surface area (Å²) >= 11 is 3.57. The number of carboxylic acid groups (broad SMARTS) is 1. The maximum atomic E-state index is 13.5. The first-order valence-corrected chi connectivity index (χ1v) is 11.5. The summed E-state index contributed by atoms with van der Waals surface area (Å²) in [6.07, 6.45) is 1.90. The molecule has 2 unspecified atom stereocenters. The number of fused-ring (bicyclic) bond motifs is 1. The molecule has 0 bridgehead atoms. The van der Waals surface area contributed by atoms with E-state index < -0.39 is 6.09 Å². The quantitative estimate of drug-likeness (QED) is 0.428. The lowest BCUT2D eigenvalue weighted by atomic mass is 9.80. The molecule has 0 aliphatic carbocycles. The van der Waals surface area contributed by atoms with Gasteiger partial charge in [-0.1, -0.05) is 26.8 Å². The third kappa shape index (κ3) is 5.35. The van der Waals surface area contributed by atoms with E-state index in [1.54, 1.807) is 18.3 Å². The molecule has 174 valence electrons. The molecule has 7 nitrogen and oxygen atoms in total. The zero-order valence-corrected chi connectivity index (χ0v) is 20.3. The molecule has 3 aromatic rings. The van der Waals surface area contributed by atoms with Crippen LogP contribution in [0.4, 0.5) is 20.8 Å². The number of likely N-dealkylation sites (tertiary alicyclic amines) is 1. The van der Waals surface area contributed by atoms with Crippen molar-refractivity contribution in [2.24, 2.45) is 5.41 Å². The number of anilines is 2. The summed E-state index contributed by atoms with van der Waals surface area (Å²) in [5, 5.41) is 13.4. The van der Waals surface area contributed by atoms with Gasteiger partial charge in [-0.3, -0.25) is 0 Å². The molecule has 1 aliphatic rings. The SMILES string of the molecule is CC(C)(C)C1CC(Oc2cc3nc(Nc4cccc(F)c4)ncc3cc2Br)CCN1C(=O)O. The molecular weight excluding hydrogens is 491 g/mol. The zero-order chi connectivity index (χ0) is 23.8. The van der Waals surface area contributed by atoms with Gasteiger partial charge in [0.05, 0.1) is 9.99 Å². The van der Waals surface area contributed by atoms with Crippen LogP contribution in [0.3, 0.4) is 0 Å². The maximum Gasteiger partial charge on any atom is 0.407 e. The fourth-order valence-electron chi connectivity index (χ4n) is 4.15. The molecule has 4 rings (SSSR count). The Hall–Kier alpha value is -2.94. The molecule has 1 aromatic heterocycles. The molecule has 0 radical (unpaired) electrons. The smallest absolute Gasteiger partial charge is 0.407 e. The topological polar surface area (TPSA) is 87.6 Å². The van der Waals surface area contributed by atoms with Crippen LogP contribution >= 0.6 is 15.9 Å². The van der Waals surface area contributed by atoms with E-state index in [0.29, 0.717) is 42.3 Å². The van der Waals surface area contributed by atoms with Crippen molar-refractivity contribution in [1.29, 1.82) is 0 Å². The van der Waals surface area contributed by atoms with Gasteiger partial charge in [0.15, 0.2) is 0 Å². The summed E-state index contributed by atoms with van der Waals surface area (Å²) in [6, 6.07) is 9.69. The van der Waals surface area contributed by atoms with Crippen molar-refractivity contribution in [1.82, 2.24) is 14.9 Å². The van der Waals surface area contributed by atoms with Gasteiger partial charge in [-0.05, 0) is 45.6 Å². The highest BCUT2D eigenvalue weighted by Gasteiger charge is 2.39. The molecule has 9 heteroatoms. The Morgan fingerprint density at radius 3 is 2.79 bits per heavy atom. The van der Waals surface area contributed by atoms with Crippen molar-refractivity contribution in [2.75, 3.05) is 11.9 Å². The first kappa shape index (κ1) is 23.2. The van der Waals surface area contributed by atoms with E-state index in [4.69, 9.17) is 4.74 Å². The fraction of sp³-hybridized carbons (Fsp3) is 0.375. The van der Waals surface area contributed by atoms with Crippen molar-refractivity contribution in [3.63, 3.8) is 0 Å². The number of hydrogen-bond acceptors (Lipinski definition) is 5. The number of aromatic nitrogens is 2. The number of carbonyl (C=O) groups is 1. The molecule has 1 fully saturated rings. The minimum atomic E-state index is -0.893. The summed E-state index contributed by atoms with van der Waals surface area (Å²) in [5.74, 6) is 0.645. The third-order valence-corrected chi connectivity index (χ3v) is 6.43. The monoisotopic (exact) mass is 516 g/mol. The average molecular weight is 517 g/mol. The largest absolute Gasteiger partial charge is 0.489 e. The first-order chi connectivity index (χ1) is 15.6. The van der Waals surface area contributed by atoms with Gasteiger partial charge < -0.3 is 20.1 Å². The normalized spacial score (nSPS) is 18.9. The van der Waals surface area contributed by atoms with E-state index in [-0.39, 0.29) is 23.4 Å². The standard InChI is InChI=1S/C24H26BrFN4O3/c1-24(2,3)21-11-17(7-8-30(21)23(31)32)33-20-12-19-14(9-18(20)25)13-27-22(29-19)28-16-6-4-5-15(26)10-16/h4-6,9-10,12-13,17,21H,7-8,11H2,1-3H3,(H,31,32)(H,27,28,29). The van der Waals surface area contributed by atoms with E-state index >= 15 is 0 Å². The summed E-state index contributed by atoms with van der Waals surface area (Å²) < 4.78 is 20.6. The second-order valence-electron chi connectivity index (χ2n) is 9.29. The van der Waals surface area contributed by atoms with Gasteiger partial charge in [-0.25, -0.2) is 19.2 Å². The summed E-state index contributed by atoms with van der Waals surface area (Å²) in [4.78, 5) is 22.1. The molecule has 2 atom stereocenters. The fourth-order valence-corrected chi connectivity index (χ4v) is 4.60. The number of nitrogens with one attached hydrogen (secondary N) is 1. The number of ether oxygens (including phenoxy) is 1. The number of rotatable bonds is 4. The Bertz CT molecular complexity index is 1180. The Kier molecular flexibility index (Phi) is 6.43. The predicted octanol–water partition coefficient (Wildman–Crippen LogP) is 6.21. The second-order valence-corrected chi connectivity index (χ2v) is 10.1. The van der Waals surface area contributed by atoms with Gasteiger partial charge in [0, 0.05) is 48.8 Å². The van der Waals surface area contributed by atoms with Crippen molar-refractivity contribution in [3.05, 3.63) is 52.9 Å². The van der Waals surface area contributed by atoms with E-state index in [9.17, 15) is 14.3 Å². The Morgan fingerprint density at radius 2 is 2.09 bits per heavy atom. The predicted molar refractivity (Wildman–Crippen MR) is 129 cm³/mol. The van der Waals surface area contributed by atoms with Crippen molar-refractivity contribution < 1.29 is 19.0 Å². The third-order valence-electron chi connectivity index (χ3n) is 5.81. The lowest BCUT2D eigenvalue weighted by molar-refractivity contribution is 0.0128. The van der Waals surface area contributed by atoms with Gasteiger partial charge in [-0.2, -0.15) is 0 Å². The van der Waals surface area contributed by atoms with Gasteiger partial charge in [0.1, 0.15) is 17.7 Å². The highest BCUT2D eigenvalue weighted by molar-refractivity contribution is 9.10. The summed E-state index contributed by atoms with van der Waals surface area (Å²) in [5.41, 5.74) is 1.03. The number of amides is 1. The van der Waals surface area contributed by atoms with E-state index in [1.807, 2.05) is 32.9 Å². The number of hydrogen-bond donors (Lipinski definition) is 2. The molecule has 1 saturated heterocycles. The first-order valence-electron chi connectivity index (χ1n) is 10.8. The minimum absolute atomic E-state index is 0.120. The van der Waals surface area contributed by atoms with Crippen LogP contribution in [0.15, 0.2) is 47.1 Å². The van der Waals surface area contributed by atoms with Gasteiger partial charge in [0.2, 0.25) is 5.95 Å². The van der Waals surface area contributed by atoms with Gasteiger partial charge in [0.25, 0.3) is 0 Å². The van der Waals surface area contributed by atoms with Crippen LogP contribution in [-0.4, -0.2) is 44.8 Å². The van der Waals surface area contributed by atoms with Crippen LogP contribution in [0, 0.1) is 11.2 Å². The van der Waals surface area contributed by atoms with Crippen molar-refractivity contribution in [3.8, 4) is 5.75 Å². The van der Waals surface area contributed by atoms with Gasteiger partial charge in [-0.15, -0.1) is 0 Å². The van der Waals surface area contributed by atoms with E-state index in [0.717, 1.165) is 9.86 Å². The molecule has 0 spiro atoms. The molecule has 33 heavy (non-hydrogen) atoms.